The molecule has 16 heavy (non-hydrogen) atoms. The van der Waals surface area contributed by atoms with Gasteiger partial charge in [0.15, 0.2) is 0 Å². The van der Waals surface area contributed by atoms with Crippen molar-refractivity contribution in [3.8, 4) is 0 Å². The zero-order valence-corrected chi connectivity index (χ0v) is 11.4. The molecule has 92 valence electrons. The third kappa shape index (κ3) is 8.04. The second-order valence-corrected chi connectivity index (χ2v) is 2.86. The number of amides is 1. The molecule has 2 nitrogen and oxygen atoms in total. The van der Waals surface area contributed by atoms with Crippen LogP contribution in [-0.2, 0) is 11.3 Å². The molecule has 0 aliphatic rings. The summed E-state index contributed by atoms with van der Waals surface area (Å²) < 4.78 is 0. The second-order valence-electron chi connectivity index (χ2n) is 2.86. The summed E-state index contributed by atoms with van der Waals surface area (Å²) in [6.07, 6.45) is 0. The highest BCUT2D eigenvalue weighted by atomic mass is 16.2. The topological polar surface area (TPSA) is 20.3 Å². The van der Waals surface area contributed by atoms with Gasteiger partial charge in [-0.25, -0.2) is 0 Å². The normalized spacial score (nSPS) is 7.88. The van der Waals surface area contributed by atoms with E-state index < -0.39 is 0 Å². The molecule has 0 bridgehead atoms. The molecule has 1 aromatic rings. The third-order valence-corrected chi connectivity index (χ3v) is 1.80. The Kier molecular flexibility index (Phi) is 12.6. The molecule has 0 heterocycles. The first-order chi connectivity index (χ1) is 7.70. The lowest BCUT2D eigenvalue weighted by molar-refractivity contribution is -0.128. The Labute approximate surface area is 100 Å². The van der Waals surface area contributed by atoms with E-state index in [-0.39, 0.29) is 5.91 Å². The third-order valence-electron chi connectivity index (χ3n) is 1.80. The molecule has 0 N–H and O–H groups in total. The van der Waals surface area contributed by atoms with Crippen LogP contribution in [0.1, 0.15) is 40.2 Å². The Hall–Kier alpha value is -1.31. The minimum atomic E-state index is 0.0962. The van der Waals surface area contributed by atoms with Crippen LogP contribution < -0.4 is 0 Å². The Balaban J connectivity index is 0. The average molecular weight is 223 g/mol. The summed E-state index contributed by atoms with van der Waals surface area (Å²) in [5.41, 5.74) is 1.16. The lowest BCUT2D eigenvalue weighted by Crippen LogP contribution is -2.22. The fraction of sp³-hybridized carbons (Fsp3) is 0.500. The summed E-state index contributed by atoms with van der Waals surface area (Å²) in [7, 11) is 1.80. The molecule has 1 rings (SSSR count). The van der Waals surface area contributed by atoms with Crippen LogP contribution in [-0.4, -0.2) is 17.9 Å². The summed E-state index contributed by atoms with van der Waals surface area (Å²) in [6, 6.07) is 9.95. The molecule has 0 atom stereocenters. The molecular formula is C14H25NO. The van der Waals surface area contributed by atoms with Crippen LogP contribution in [0.4, 0.5) is 0 Å². The molecule has 1 amide bonds. The molecule has 0 fully saturated rings. The average Bonchev–Trinajstić information content (AvgIpc) is 2.35. The number of nitrogens with zero attached hydrogens (tertiary/aromatic N) is 1. The monoisotopic (exact) mass is 223 g/mol. The van der Waals surface area contributed by atoms with Gasteiger partial charge in [-0.1, -0.05) is 58.0 Å². The van der Waals surface area contributed by atoms with Gasteiger partial charge >= 0.3 is 0 Å². The molecule has 0 aliphatic carbocycles. The second kappa shape index (κ2) is 11.8. The van der Waals surface area contributed by atoms with Gasteiger partial charge in [-0.2, -0.15) is 0 Å². The molecule has 0 aliphatic heterocycles. The molecular weight excluding hydrogens is 198 g/mol. The minimum absolute atomic E-state index is 0.0962. The lowest BCUT2D eigenvalue weighted by atomic mass is 10.2. The van der Waals surface area contributed by atoms with Crippen LogP contribution in [0.15, 0.2) is 30.3 Å². The Morgan fingerprint density at radius 1 is 1.06 bits per heavy atom. The smallest absolute Gasteiger partial charge is 0.219 e. The minimum Gasteiger partial charge on any atom is -0.342 e. The van der Waals surface area contributed by atoms with Crippen LogP contribution in [0.2, 0.25) is 0 Å². The Morgan fingerprint density at radius 3 is 1.88 bits per heavy atom. The van der Waals surface area contributed by atoms with Gasteiger partial charge in [-0.15, -0.1) is 0 Å². The van der Waals surface area contributed by atoms with Gasteiger partial charge < -0.3 is 4.90 Å². The van der Waals surface area contributed by atoms with Crippen molar-refractivity contribution in [1.82, 2.24) is 4.90 Å². The zero-order valence-electron chi connectivity index (χ0n) is 11.4. The SMILES string of the molecule is CC.CC.CC(=O)N(C)Cc1ccccc1. The first-order valence-corrected chi connectivity index (χ1v) is 5.96. The van der Waals surface area contributed by atoms with Crippen molar-refractivity contribution < 1.29 is 4.79 Å². The maximum absolute atomic E-state index is 10.9. The van der Waals surface area contributed by atoms with Crippen molar-refractivity contribution in [2.24, 2.45) is 0 Å². The van der Waals surface area contributed by atoms with Gasteiger partial charge in [-0.05, 0) is 5.56 Å². The van der Waals surface area contributed by atoms with Crippen LogP contribution >= 0.6 is 0 Å². The summed E-state index contributed by atoms with van der Waals surface area (Å²) in [6.45, 7) is 10.3. The predicted octanol–water partition coefficient (Wildman–Crippen LogP) is 3.72. The Morgan fingerprint density at radius 2 is 1.50 bits per heavy atom. The molecule has 1 aromatic carbocycles. The van der Waals surface area contributed by atoms with Crippen molar-refractivity contribution in [3.05, 3.63) is 35.9 Å². The molecule has 0 radical (unpaired) electrons. The van der Waals surface area contributed by atoms with E-state index in [1.165, 1.54) is 0 Å². The Bertz CT molecular complexity index is 257. The molecule has 0 saturated carbocycles. The predicted molar refractivity (Wildman–Crippen MR) is 71.3 cm³/mol. The fourth-order valence-corrected chi connectivity index (χ4v) is 0.969. The van der Waals surface area contributed by atoms with Crippen molar-refractivity contribution in [2.45, 2.75) is 41.2 Å². The standard InChI is InChI=1S/C10H13NO.2C2H6/c1-9(12)11(2)8-10-6-4-3-5-7-10;2*1-2/h3-7H,8H2,1-2H3;2*1-2H3. The molecule has 2 heteroatoms. The van der Waals surface area contributed by atoms with Gasteiger partial charge in [0, 0.05) is 20.5 Å². The molecule has 0 spiro atoms. The van der Waals surface area contributed by atoms with Crippen LogP contribution in [0.5, 0.6) is 0 Å². The highest BCUT2D eigenvalue weighted by Crippen LogP contribution is 2.01. The first kappa shape index (κ1) is 17.1. The summed E-state index contributed by atoms with van der Waals surface area (Å²) >= 11 is 0. The van der Waals surface area contributed by atoms with E-state index >= 15 is 0 Å². The van der Waals surface area contributed by atoms with E-state index in [2.05, 4.69) is 0 Å². The first-order valence-electron chi connectivity index (χ1n) is 5.96. The lowest BCUT2D eigenvalue weighted by Gasteiger charge is -2.14. The largest absolute Gasteiger partial charge is 0.342 e. The molecule has 0 saturated heterocycles. The quantitative estimate of drug-likeness (QED) is 0.748. The van der Waals surface area contributed by atoms with Crippen molar-refractivity contribution in [1.29, 1.82) is 0 Å². The van der Waals surface area contributed by atoms with Crippen LogP contribution in [0.25, 0.3) is 0 Å². The summed E-state index contributed by atoms with van der Waals surface area (Å²) in [4.78, 5) is 12.6. The number of carbonyl (C=O) groups is 1. The number of hydrogen-bond donors (Lipinski definition) is 0. The van der Waals surface area contributed by atoms with Gasteiger partial charge in [0.2, 0.25) is 5.91 Å². The van der Waals surface area contributed by atoms with E-state index in [0.717, 1.165) is 5.56 Å². The highest BCUT2D eigenvalue weighted by molar-refractivity contribution is 5.72. The molecule has 0 unspecified atom stereocenters. The number of rotatable bonds is 2. The number of hydrogen-bond acceptors (Lipinski definition) is 1. The van der Waals surface area contributed by atoms with E-state index in [1.807, 2.05) is 58.0 Å². The van der Waals surface area contributed by atoms with Crippen molar-refractivity contribution in [3.63, 3.8) is 0 Å². The number of benzene rings is 1. The van der Waals surface area contributed by atoms with Gasteiger partial charge in [0.25, 0.3) is 0 Å². The van der Waals surface area contributed by atoms with Crippen molar-refractivity contribution in [2.75, 3.05) is 7.05 Å². The van der Waals surface area contributed by atoms with E-state index in [0.29, 0.717) is 6.54 Å². The molecule has 0 aromatic heterocycles. The van der Waals surface area contributed by atoms with Gasteiger partial charge in [0.05, 0.1) is 0 Å². The maximum Gasteiger partial charge on any atom is 0.219 e. The van der Waals surface area contributed by atoms with Crippen LogP contribution in [0.3, 0.4) is 0 Å². The van der Waals surface area contributed by atoms with E-state index in [9.17, 15) is 4.79 Å². The summed E-state index contributed by atoms with van der Waals surface area (Å²) in [5, 5.41) is 0. The zero-order chi connectivity index (χ0) is 13.0. The van der Waals surface area contributed by atoms with Crippen LogP contribution in [0, 0.1) is 0 Å². The van der Waals surface area contributed by atoms with E-state index in [1.54, 1.807) is 18.9 Å². The van der Waals surface area contributed by atoms with Crippen molar-refractivity contribution >= 4 is 5.91 Å². The summed E-state index contributed by atoms with van der Waals surface area (Å²) in [5.74, 6) is 0.0962. The number of carbonyl (C=O) groups excluding carboxylic acids is 1. The maximum atomic E-state index is 10.9. The fourth-order valence-electron chi connectivity index (χ4n) is 0.969. The van der Waals surface area contributed by atoms with Gasteiger partial charge in [0.1, 0.15) is 0 Å². The van der Waals surface area contributed by atoms with E-state index in [4.69, 9.17) is 0 Å². The highest BCUT2D eigenvalue weighted by Gasteiger charge is 2.01. The van der Waals surface area contributed by atoms with Gasteiger partial charge in [-0.3, -0.25) is 4.79 Å².